The van der Waals surface area contributed by atoms with Gasteiger partial charge in [0.25, 0.3) is 0 Å². The molecule has 1 amide bonds. The molecule has 2 heterocycles. The van der Waals surface area contributed by atoms with Crippen LogP contribution in [-0.2, 0) is 9.36 Å². The summed E-state index contributed by atoms with van der Waals surface area (Å²) in [4.78, 5) is 13.4. The van der Waals surface area contributed by atoms with Crippen LogP contribution >= 0.6 is 7.59 Å². The first-order valence-electron chi connectivity index (χ1n) is 12.8. The van der Waals surface area contributed by atoms with Crippen LogP contribution in [0.15, 0.2) is 60.7 Å². The first-order valence-corrected chi connectivity index (χ1v) is 14.4. The number of rotatable bonds is 6. The van der Waals surface area contributed by atoms with Crippen molar-refractivity contribution in [1.29, 1.82) is 0 Å². The molecule has 7 heteroatoms. The lowest BCUT2D eigenvalue weighted by molar-refractivity contribution is -0.121. The number of carbonyl (C=O) groups is 1. The van der Waals surface area contributed by atoms with Crippen LogP contribution in [0.4, 0.5) is 0 Å². The largest absolute Gasteiger partial charge is 0.312 e. The summed E-state index contributed by atoms with van der Waals surface area (Å²) >= 11 is 0. The van der Waals surface area contributed by atoms with Crippen LogP contribution in [0.3, 0.4) is 0 Å². The Morgan fingerprint density at radius 3 is 1.79 bits per heavy atom. The lowest BCUT2D eigenvalue weighted by Gasteiger charge is -2.38. The summed E-state index contributed by atoms with van der Waals surface area (Å²) in [6.07, 6.45) is 6.03. The van der Waals surface area contributed by atoms with E-state index in [9.17, 15) is 4.79 Å². The quantitative estimate of drug-likeness (QED) is 0.541. The third-order valence-corrected chi connectivity index (χ3v) is 11.0. The summed E-state index contributed by atoms with van der Waals surface area (Å²) in [7, 11) is -3.42. The molecule has 3 fully saturated rings. The number of nitrogens with zero attached hydrogens (tertiary/aromatic N) is 2. The third-order valence-electron chi connectivity index (χ3n) is 7.99. The highest BCUT2D eigenvalue weighted by Crippen LogP contribution is 2.66. The zero-order valence-electron chi connectivity index (χ0n) is 20.3. The van der Waals surface area contributed by atoms with Crippen molar-refractivity contribution in [3.8, 4) is 0 Å². The Balaban J connectivity index is 1.59. The molecule has 3 aliphatic rings. The number of fused-ring (bicyclic) bond motifs is 1. The molecule has 1 saturated carbocycles. The molecule has 0 radical (unpaired) electrons. The van der Waals surface area contributed by atoms with Gasteiger partial charge in [0.05, 0.1) is 6.04 Å². The summed E-state index contributed by atoms with van der Waals surface area (Å²) < 4.78 is 19.7. The van der Waals surface area contributed by atoms with Gasteiger partial charge >= 0.3 is 7.59 Å². The number of nitrogens with one attached hydrogen (secondary N) is 2. The van der Waals surface area contributed by atoms with Gasteiger partial charge < -0.3 is 5.32 Å². The average Bonchev–Trinajstić information content (AvgIpc) is 3.49. The molecule has 6 nitrogen and oxygen atoms in total. The second-order valence-electron chi connectivity index (χ2n) is 10.0. The molecule has 5 rings (SSSR count). The molecule has 182 valence electrons. The lowest BCUT2D eigenvalue weighted by Crippen LogP contribution is -2.44. The van der Waals surface area contributed by atoms with Gasteiger partial charge in [-0.25, -0.2) is 9.34 Å². The maximum atomic E-state index is 15.3. The second-order valence-corrected chi connectivity index (χ2v) is 12.3. The van der Waals surface area contributed by atoms with E-state index in [-0.39, 0.29) is 36.1 Å². The van der Waals surface area contributed by atoms with E-state index in [1.807, 2.05) is 36.4 Å². The van der Waals surface area contributed by atoms with Crippen molar-refractivity contribution >= 4 is 13.5 Å². The normalized spacial score (nSPS) is 28.8. The molecule has 0 spiro atoms. The zero-order chi connectivity index (χ0) is 23.7. The van der Waals surface area contributed by atoms with E-state index in [1.165, 1.54) is 0 Å². The molecular weight excluding hydrogens is 443 g/mol. The topological polar surface area (TPSA) is 64.7 Å². The molecule has 0 unspecified atom stereocenters. The lowest BCUT2D eigenvalue weighted by atomic mass is 9.88. The minimum Gasteiger partial charge on any atom is -0.306 e. The van der Waals surface area contributed by atoms with Gasteiger partial charge in [0.1, 0.15) is 0 Å². The SMILES string of the molecule is C[C@@H](c1ccccc1)N1[C@H]2CCCC[C@@H]2N([C@@H](C)c2ccccc2)P1(=O)NC(=O)[C@@H]1CCCN1. The van der Waals surface area contributed by atoms with E-state index >= 15 is 4.57 Å². The fraction of sp³-hybridized carbons (Fsp3) is 0.519. The fourth-order valence-electron chi connectivity index (χ4n) is 6.29. The van der Waals surface area contributed by atoms with Crippen molar-refractivity contribution in [2.75, 3.05) is 6.54 Å². The summed E-state index contributed by atoms with van der Waals surface area (Å²) in [5.74, 6) is -0.130. The first kappa shape index (κ1) is 23.7. The van der Waals surface area contributed by atoms with Crippen LogP contribution < -0.4 is 10.4 Å². The minimum atomic E-state index is -3.42. The number of hydrogen-bond donors (Lipinski definition) is 2. The van der Waals surface area contributed by atoms with Gasteiger partial charge in [0, 0.05) is 24.2 Å². The molecule has 2 N–H and O–H groups in total. The summed E-state index contributed by atoms with van der Waals surface area (Å²) in [6, 6.07) is 20.5. The Morgan fingerprint density at radius 1 is 0.853 bits per heavy atom. The molecule has 0 aromatic heterocycles. The van der Waals surface area contributed by atoms with E-state index in [0.29, 0.717) is 0 Å². The summed E-state index contributed by atoms with van der Waals surface area (Å²) in [6.45, 7) is 5.12. The minimum absolute atomic E-state index is 0.0672. The van der Waals surface area contributed by atoms with Gasteiger partial charge in [-0.2, -0.15) is 0 Å². The standard InChI is InChI=1S/C27H37N4O2P/c1-20(22-12-5-3-6-13-22)30-25-17-9-10-18-26(25)31(21(2)23-14-7-4-8-15-23)34(30,33)29-27(32)24-16-11-19-28-24/h3-8,12-15,20-21,24-26,28H,9-11,16-19H2,1-2H3,(H,29,32,33)/t20-,21-,24-,25-,26-/m0/s1. The Kier molecular flexibility index (Phi) is 6.95. The van der Waals surface area contributed by atoms with Crippen LogP contribution in [0.25, 0.3) is 0 Å². The molecule has 2 aromatic rings. The molecular formula is C27H37N4O2P. The second kappa shape index (κ2) is 9.94. The van der Waals surface area contributed by atoms with E-state index in [1.54, 1.807) is 0 Å². The Labute approximate surface area is 203 Å². The maximum Gasteiger partial charge on any atom is 0.312 e. The van der Waals surface area contributed by atoms with Gasteiger partial charge in [0.15, 0.2) is 0 Å². The van der Waals surface area contributed by atoms with Crippen molar-refractivity contribution in [1.82, 2.24) is 19.7 Å². The fourth-order valence-corrected chi connectivity index (χ4v) is 9.75. The van der Waals surface area contributed by atoms with Crippen LogP contribution in [0.5, 0.6) is 0 Å². The van der Waals surface area contributed by atoms with Crippen LogP contribution in [0.1, 0.15) is 75.6 Å². The number of benzene rings is 2. The predicted octanol–water partition coefficient (Wildman–Crippen LogP) is 5.41. The Hall–Kier alpha value is -1.98. The number of amides is 1. The van der Waals surface area contributed by atoms with Crippen molar-refractivity contribution in [3.63, 3.8) is 0 Å². The Bertz CT molecular complexity index is 962. The number of hydrogen-bond acceptors (Lipinski definition) is 3. The highest BCUT2D eigenvalue weighted by atomic mass is 31.2. The molecule has 0 bridgehead atoms. The van der Waals surface area contributed by atoms with E-state index < -0.39 is 7.59 Å². The molecule has 2 saturated heterocycles. The van der Waals surface area contributed by atoms with Crippen molar-refractivity contribution < 1.29 is 9.36 Å². The van der Waals surface area contributed by atoms with Gasteiger partial charge in [-0.3, -0.25) is 14.4 Å². The molecule has 1 aliphatic carbocycles. The molecule has 34 heavy (non-hydrogen) atoms. The van der Waals surface area contributed by atoms with Crippen LogP contribution in [0, 0.1) is 0 Å². The van der Waals surface area contributed by atoms with Crippen molar-refractivity contribution in [2.24, 2.45) is 0 Å². The Morgan fingerprint density at radius 2 is 1.35 bits per heavy atom. The maximum absolute atomic E-state index is 15.3. The highest BCUT2D eigenvalue weighted by molar-refractivity contribution is 7.58. The van der Waals surface area contributed by atoms with Gasteiger partial charge in [-0.15, -0.1) is 0 Å². The number of carbonyl (C=O) groups excluding carboxylic acids is 1. The van der Waals surface area contributed by atoms with Gasteiger partial charge in [0.2, 0.25) is 5.91 Å². The predicted molar refractivity (Wildman–Crippen MR) is 136 cm³/mol. The smallest absolute Gasteiger partial charge is 0.306 e. The zero-order valence-corrected chi connectivity index (χ0v) is 21.2. The van der Waals surface area contributed by atoms with E-state index in [2.05, 4.69) is 57.9 Å². The summed E-state index contributed by atoms with van der Waals surface area (Å²) in [5, 5.41) is 6.45. The molecule has 2 aromatic carbocycles. The van der Waals surface area contributed by atoms with Gasteiger partial charge in [-0.1, -0.05) is 73.5 Å². The van der Waals surface area contributed by atoms with Crippen molar-refractivity contribution in [2.45, 2.75) is 82.6 Å². The average molecular weight is 481 g/mol. The molecule has 5 atom stereocenters. The van der Waals surface area contributed by atoms with Gasteiger partial charge in [-0.05, 0) is 57.2 Å². The van der Waals surface area contributed by atoms with E-state index in [0.717, 1.165) is 56.2 Å². The first-order chi connectivity index (χ1) is 16.5. The van der Waals surface area contributed by atoms with Crippen molar-refractivity contribution in [3.05, 3.63) is 71.8 Å². The van der Waals surface area contributed by atoms with Crippen LogP contribution in [-0.4, -0.2) is 39.9 Å². The monoisotopic (exact) mass is 480 g/mol. The van der Waals surface area contributed by atoms with E-state index in [4.69, 9.17) is 0 Å². The highest BCUT2D eigenvalue weighted by Gasteiger charge is 2.59. The third kappa shape index (κ3) is 4.26. The summed E-state index contributed by atoms with van der Waals surface area (Å²) in [5.41, 5.74) is 2.27. The van der Waals surface area contributed by atoms with Crippen LogP contribution in [0.2, 0.25) is 0 Å². The molecule has 2 aliphatic heterocycles.